The average Bonchev–Trinajstić information content (AvgIpc) is 2.49. The van der Waals surface area contributed by atoms with E-state index in [0.717, 1.165) is 32.1 Å². The van der Waals surface area contributed by atoms with Gasteiger partial charge in [-0.1, -0.05) is 34.1 Å². The molecular formula is C18H38O4. The second kappa shape index (κ2) is 11.4. The summed E-state index contributed by atoms with van der Waals surface area (Å²) in [5, 5.41) is 38.2. The van der Waals surface area contributed by atoms with Gasteiger partial charge in [-0.25, -0.2) is 0 Å². The molecule has 0 spiro atoms. The van der Waals surface area contributed by atoms with Gasteiger partial charge in [-0.15, -0.1) is 0 Å². The summed E-state index contributed by atoms with van der Waals surface area (Å²) in [4.78, 5) is 0. The van der Waals surface area contributed by atoms with Gasteiger partial charge in [0.1, 0.15) is 0 Å². The highest BCUT2D eigenvalue weighted by atomic mass is 16.3. The lowest BCUT2D eigenvalue weighted by molar-refractivity contribution is 0.0724. The summed E-state index contributed by atoms with van der Waals surface area (Å²) in [7, 11) is 0. The average molecular weight is 318 g/mol. The van der Waals surface area contributed by atoms with Crippen molar-refractivity contribution in [3.8, 4) is 0 Å². The van der Waals surface area contributed by atoms with Crippen molar-refractivity contribution in [2.45, 2.75) is 84.8 Å². The number of hydrogen-bond acceptors (Lipinski definition) is 4. The zero-order valence-corrected chi connectivity index (χ0v) is 15.0. The van der Waals surface area contributed by atoms with Crippen molar-refractivity contribution in [2.75, 3.05) is 13.2 Å². The fourth-order valence-corrected chi connectivity index (χ4v) is 2.46. The van der Waals surface area contributed by atoms with E-state index < -0.39 is 0 Å². The maximum atomic E-state index is 10.0. The molecule has 0 saturated heterocycles. The summed E-state index contributed by atoms with van der Waals surface area (Å²) in [6.07, 6.45) is 4.73. The van der Waals surface area contributed by atoms with E-state index in [9.17, 15) is 15.3 Å². The van der Waals surface area contributed by atoms with E-state index >= 15 is 0 Å². The van der Waals surface area contributed by atoms with Crippen molar-refractivity contribution in [3.05, 3.63) is 0 Å². The standard InChI is InChI=1S/C18H38O4/c1-14(12-19)6-5-7-16(21)10-11-17(22)9-8-15(2)18(3,4)13-20/h14-17,19-22H,5-13H2,1-4H3. The maximum Gasteiger partial charge on any atom is 0.0541 e. The molecule has 0 heterocycles. The van der Waals surface area contributed by atoms with E-state index in [4.69, 9.17) is 5.11 Å². The predicted molar refractivity (Wildman–Crippen MR) is 90.6 cm³/mol. The highest BCUT2D eigenvalue weighted by molar-refractivity contribution is 4.75. The fraction of sp³-hybridized carbons (Fsp3) is 1.00. The molecule has 4 N–H and O–H groups in total. The quantitative estimate of drug-likeness (QED) is 0.421. The van der Waals surface area contributed by atoms with Crippen LogP contribution >= 0.6 is 0 Å². The summed E-state index contributed by atoms with van der Waals surface area (Å²) < 4.78 is 0. The van der Waals surface area contributed by atoms with E-state index in [0.29, 0.717) is 24.7 Å². The van der Waals surface area contributed by atoms with Gasteiger partial charge in [0.2, 0.25) is 0 Å². The van der Waals surface area contributed by atoms with Crippen LogP contribution in [-0.2, 0) is 0 Å². The molecule has 0 aliphatic rings. The van der Waals surface area contributed by atoms with Crippen molar-refractivity contribution in [3.63, 3.8) is 0 Å². The van der Waals surface area contributed by atoms with Gasteiger partial charge in [0.05, 0.1) is 12.2 Å². The zero-order valence-electron chi connectivity index (χ0n) is 15.0. The molecule has 0 aliphatic heterocycles. The van der Waals surface area contributed by atoms with Crippen molar-refractivity contribution < 1.29 is 20.4 Å². The Labute approximate surface area is 136 Å². The predicted octanol–water partition coefficient (Wildman–Crippen LogP) is 2.72. The summed E-state index contributed by atoms with van der Waals surface area (Å²) in [5.74, 6) is 0.659. The first-order valence-electron chi connectivity index (χ1n) is 8.80. The SMILES string of the molecule is CC(CO)CCCC(O)CCC(O)CCC(C)C(C)(C)CO. The zero-order chi connectivity index (χ0) is 17.2. The van der Waals surface area contributed by atoms with Crippen molar-refractivity contribution in [1.82, 2.24) is 0 Å². The van der Waals surface area contributed by atoms with Crippen LogP contribution < -0.4 is 0 Å². The fourth-order valence-electron chi connectivity index (χ4n) is 2.46. The summed E-state index contributed by atoms with van der Waals surface area (Å²) in [6.45, 7) is 8.57. The second-order valence-electron chi connectivity index (χ2n) is 7.73. The first-order valence-corrected chi connectivity index (χ1v) is 8.80. The summed E-state index contributed by atoms with van der Waals surface area (Å²) >= 11 is 0. The van der Waals surface area contributed by atoms with Crippen molar-refractivity contribution >= 4 is 0 Å². The Morgan fingerprint density at radius 2 is 1.27 bits per heavy atom. The van der Waals surface area contributed by atoms with Gasteiger partial charge >= 0.3 is 0 Å². The van der Waals surface area contributed by atoms with Gasteiger partial charge in [0, 0.05) is 13.2 Å². The topological polar surface area (TPSA) is 80.9 Å². The van der Waals surface area contributed by atoms with Crippen LogP contribution in [0.4, 0.5) is 0 Å². The van der Waals surface area contributed by atoms with Crippen LogP contribution in [0.5, 0.6) is 0 Å². The van der Waals surface area contributed by atoms with Gasteiger partial charge < -0.3 is 20.4 Å². The molecule has 134 valence electrons. The highest BCUT2D eigenvalue weighted by Crippen LogP contribution is 2.30. The molecule has 0 aliphatic carbocycles. The third-order valence-corrected chi connectivity index (χ3v) is 5.05. The largest absolute Gasteiger partial charge is 0.396 e. The molecule has 4 nitrogen and oxygen atoms in total. The highest BCUT2D eigenvalue weighted by Gasteiger charge is 2.25. The minimum atomic E-state index is -0.372. The van der Waals surface area contributed by atoms with Gasteiger partial charge in [0.15, 0.2) is 0 Å². The maximum absolute atomic E-state index is 10.0. The Hall–Kier alpha value is -0.160. The number of aliphatic hydroxyl groups is 4. The van der Waals surface area contributed by atoms with Crippen LogP contribution in [0.2, 0.25) is 0 Å². The van der Waals surface area contributed by atoms with Gasteiger partial charge in [-0.2, -0.15) is 0 Å². The molecule has 0 amide bonds. The van der Waals surface area contributed by atoms with Crippen molar-refractivity contribution in [1.29, 1.82) is 0 Å². The van der Waals surface area contributed by atoms with E-state index in [1.165, 1.54) is 0 Å². The van der Waals surface area contributed by atoms with Crippen LogP contribution in [0.25, 0.3) is 0 Å². The molecule has 0 rings (SSSR count). The molecule has 0 bridgehead atoms. The summed E-state index contributed by atoms with van der Waals surface area (Å²) in [6, 6.07) is 0. The minimum Gasteiger partial charge on any atom is -0.396 e. The van der Waals surface area contributed by atoms with E-state index in [1.54, 1.807) is 0 Å². The first-order chi connectivity index (χ1) is 10.2. The number of aliphatic hydroxyl groups excluding tert-OH is 4. The van der Waals surface area contributed by atoms with Crippen LogP contribution in [0.1, 0.15) is 72.6 Å². The molecular weight excluding hydrogens is 280 g/mol. The van der Waals surface area contributed by atoms with Gasteiger partial charge in [-0.05, 0) is 55.8 Å². The smallest absolute Gasteiger partial charge is 0.0541 e. The van der Waals surface area contributed by atoms with Crippen LogP contribution in [0.15, 0.2) is 0 Å². The molecule has 0 aromatic carbocycles. The number of hydrogen-bond donors (Lipinski definition) is 4. The van der Waals surface area contributed by atoms with Gasteiger partial charge in [0.25, 0.3) is 0 Å². The Morgan fingerprint density at radius 3 is 1.77 bits per heavy atom. The molecule has 0 radical (unpaired) electrons. The Kier molecular flexibility index (Phi) is 11.3. The van der Waals surface area contributed by atoms with E-state index in [1.807, 2.05) is 20.8 Å². The monoisotopic (exact) mass is 318 g/mol. The lowest BCUT2D eigenvalue weighted by atomic mass is 9.78. The third kappa shape index (κ3) is 9.78. The number of rotatable bonds is 13. The van der Waals surface area contributed by atoms with Crippen molar-refractivity contribution in [2.24, 2.45) is 17.3 Å². The third-order valence-electron chi connectivity index (χ3n) is 5.05. The Morgan fingerprint density at radius 1 is 0.773 bits per heavy atom. The first kappa shape index (κ1) is 21.8. The molecule has 0 saturated carbocycles. The second-order valence-corrected chi connectivity index (χ2v) is 7.73. The molecule has 22 heavy (non-hydrogen) atoms. The lowest BCUT2D eigenvalue weighted by Crippen LogP contribution is -2.27. The van der Waals surface area contributed by atoms with Crippen LogP contribution in [0, 0.1) is 17.3 Å². The molecule has 4 heteroatoms. The van der Waals surface area contributed by atoms with Crippen LogP contribution in [0.3, 0.4) is 0 Å². The normalized spacial score (nSPS) is 18.0. The van der Waals surface area contributed by atoms with Gasteiger partial charge in [-0.3, -0.25) is 0 Å². The molecule has 0 fully saturated rings. The minimum absolute atomic E-state index is 0.108. The Bertz CT molecular complexity index is 268. The molecule has 4 atom stereocenters. The molecule has 0 aromatic rings. The summed E-state index contributed by atoms with van der Waals surface area (Å²) in [5.41, 5.74) is -0.108. The Balaban J connectivity index is 3.78. The molecule has 0 aromatic heterocycles. The molecule has 4 unspecified atom stereocenters. The van der Waals surface area contributed by atoms with E-state index in [2.05, 4.69) is 6.92 Å². The van der Waals surface area contributed by atoms with Crippen LogP contribution in [-0.4, -0.2) is 45.8 Å². The van der Waals surface area contributed by atoms with E-state index in [-0.39, 0.29) is 30.8 Å². The lowest BCUT2D eigenvalue weighted by Gasteiger charge is -2.30.